The summed E-state index contributed by atoms with van der Waals surface area (Å²) in [7, 11) is 0. The van der Waals surface area contributed by atoms with Crippen LogP contribution in [0.1, 0.15) is 52.6 Å². The summed E-state index contributed by atoms with van der Waals surface area (Å²) in [6.45, 7) is 4.68. The van der Waals surface area contributed by atoms with Crippen molar-refractivity contribution in [3.63, 3.8) is 0 Å². The SMILES string of the molecule is C=CC(=O)N1CCc2nc3cc(C4CCCCN4C(=O)c4ccccc4F)[nH]n3c(=O)c2C1. The number of carbonyl (C=O) groups excluding carboxylic acids is 2. The molecule has 1 aromatic carbocycles. The van der Waals surface area contributed by atoms with E-state index in [1.54, 1.807) is 28.0 Å². The number of carbonyl (C=O) groups is 2. The van der Waals surface area contributed by atoms with E-state index in [0.717, 1.165) is 12.8 Å². The molecule has 0 bridgehead atoms. The molecule has 33 heavy (non-hydrogen) atoms. The summed E-state index contributed by atoms with van der Waals surface area (Å²) in [6, 6.07) is 7.45. The lowest BCUT2D eigenvalue weighted by molar-refractivity contribution is -0.126. The van der Waals surface area contributed by atoms with Gasteiger partial charge < -0.3 is 9.80 Å². The summed E-state index contributed by atoms with van der Waals surface area (Å²) in [5.74, 6) is -1.14. The number of rotatable bonds is 3. The van der Waals surface area contributed by atoms with Gasteiger partial charge in [-0.1, -0.05) is 18.7 Å². The predicted octanol–water partition coefficient (Wildman–Crippen LogP) is 2.60. The van der Waals surface area contributed by atoms with Crippen molar-refractivity contribution < 1.29 is 14.0 Å². The van der Waals surface area contributed by atoms with Crippen molar-refractivity contribution in [1.82, 2.24) is 24.4 Å². The number of benzene rings is 1. The molecule has 1 fully saturated rings. The number of hydrogen-bond donors (Lipinski definition) is 1. The number of fused-ring (bicyclic) bond motifs is 2. The Morgan fingerprint density at radius 1 is 1.21 bits per heavy atom. The molecule has 1 N–H and O–H groups in total. The van der Waals surface area contributed by atoms with E-state index in [1.807, 2.05) is 0 Å². The first kappa shape index (κ1) is 21.1. The number of aromatic nitrogens is 3. The van der Waals surface area contributed by atoms with E-state index in [1.165, 1.54) is 22.7 Å². The zero-order chi connectivity index (χ0) is 23.1. The van der Waals surface area contributed by atoms with Gasteiger partial charge in [-0.3, -0.25) is 19.5 Å². The summed E-state index contributed by atoms with van der Waals surface area (Å²) < 4.78 is 15.7. The summed E-state index contributed by atoms with van der Waals surface area (Å²) in [4.78, 5) is 46.3. The maximum absolute atomic E-state index is 14.3. The lowest BCUT2D eigenvalue weighted by atomic mass is 9.98. The Bertz CT molecular complexity index is 1330. The fourth-order valence-electron chi connectivity index (χ4n) is 4.78. The topological polar surface area (TPSA) is 90.8 Å². The fourth-order valence-corrected chi connectivity index (χ4v) is 4.78. The van der Waals surface area contributed by atoms with Crippen molar-refractivity contribution >= 4 is 17.5 Å². The number of hydrogen-bond acceptors (Lipinski definition) is 4. The molecule has 1 atom stereocenters. The molecule has 1 saturated heterocycles. The van der Waals surface area contributed by atoms with Crippen LogP contribution in [0, 0.1) is 5.82 Å². The first-order valence-electron chi connectivity index (χ1n) is 11.1. The van der Waals surface area contributed by atoms with E-state index in [9.17, 15) is 18.8 Å². The van der Waals surface area contributed by atoms with E-state index in [-0.39, 0.29) is 35.5 Å². The highest BCUT2D eigenvalue weighted by atomic mass is 19.1. The van der Waals surface area contributed by atoms with Gasteiger partial charge in [-0.15, -0.1) is 0 Å². The van der Waals surface area contributed by atoms with Gasteiger partial charge in [-0.2, -0.15) is 0 Å². The van der Waals surface area contributed by atoms with E-state index in [0.29, 0.717) is 48.5 Å². The molecule has 4 heterocycles. The highest BCUT2D eigenvalue weighted by Crippen LogP contribution is 2.32. The number of nitrogens with zero attached hydrogens (tertiary/aromatic N) is 4. The third-order valence-corrected chi connectivity index (χ3v) is 6.49. The molecule has 0 saturated carbocycles. The van der Waals surface area contributed by atoms with Gasteiger partial charge in [0.25, 0.3) is 11.5 Å². The second-order valence-corrected chi connectivity index (χ2v) is 8.45. The highest BCUT2D eigenvalue weighted by molar-refractivity contribution is 5.94. The minimum Gasteiger partial charge on any atom is -0.334 e. The monoisotopic (exact) mass is 449 g/mol. The van der Waals surface area contributed by atoms with Crippen molar-refractivity contribution in [3.05, 3.63) is 81.7 Å². The zero-order valence-corrected chi connectivity index (χ0v) is 18.1. The van der Waals surface area contributed by atoms with Crippen LogP contribution in [-0.2, 0) is 17.8 Å². The van der Waals surface area contributed by atoms with Crippen molar-refractivity contribution in [2.45, 2.75) is 38.3 Å². The average Bonchev–Trinajstić information content (AvgIpc) is 3.27. The van der Waals surface area contributed by atoms with Gasteiger partial charge in [0.1, 0.15) is 5.82 Å². The number of likely N-dealkylation sites (tertiary alicyclic amines) is 1. The van der Waals surface area contributed by atoms with Crippen LogP contribution in [0.4, 0.5) is 4.39 Å². The zero-order valence-electron chi connectivity index (χ0n) is 18.1. The average molecular weight is 449 g/mol. The minimum atomic E-state index is -0.548. The Kier molecular flexibility index (Phi) is 5.32. The van der Waals surface area contributed by atoms with E-state index in [2.05, 4.69) is 16.7 Å². The number of nitrogens with one attached hydrogen (secondary N) is 1. The second-order valence-electron chi connectivity index (χ2n) is 8.45. The first-order valence-corrected chi connectivity index (χ1v) is 11.1. The predicted molar refractivity (Wildman–Crippen MR) is 119 cm³/mol. The van der Waals surface area contributed by atoms with Gasteiger partial charge in [0.05, 0.1) is 35.1 Å². The van der Waals surface area contributed by atoms with Crippen LogP contribution >= 0.6 is 0 Å². The number of amides is 2. The molecule has 0 radical (unpaired) electrons. The number of piperidine rings is 1. The molecular weight excluding hydrogens is 425 g/mol. The van der Waals surface area contributed by atoms with Gasteiger partial charge in [-0.25, -0.2) is 13.9 Å². The van der Waals surface area contributed by atoms with Crippen molar-refractivity contribution in [2.75, 3.05) is 13.1 Å². The van der Waals surface area contributed by atoms with Crippen molar-refractivity contribution in [3.8, 4) is 0 Å². The molecule has 0 aliphatic carbocycles. The molecule has 2 aromatic heterocycles. The molecule has 9 heteroatoms. The smallest absolute Gasteiger partial charge is 0.277 e. The maximum atomic E-state index is 14.3. The van der Waals surface area contributed by atoms with Gasteiger partial charge in [0.2, 0.25) is 5.91 Å². The molecule has 2 amide bonds. The van der Waals surface area contributed by atoms with Crippen LogP contribution in [0.15, 0.2) is 47.8 Å². The van der Waals surface area contributed by atoms with Crippen LogP contribution in [-0.4, -0.2) is 49.3 Å². The first-order chi connectivity index (χ1) is 16.0. The summed E-state index contributed by atoms with van der Waals surface area (Å²) >= 11 is 0. The Balaban J connectivity index is 1.52. The molecule has 5 rings (SSSR count). The third-order valence-electron chi connectivity index (χ3n) is 6.49. The minimum absolute atomic E-state index is 0.0400. The molecule has 170 valence electrons. The molecule has 3 aromatic rings. The van der Waals surface area contributed by atoms with Crippen LogP contribution in [0.5, 0.6) is 0 Å². The largest absolute Gasteiger partial charge is 0.334 e. The Labute approximate surface area is 189 Å². The number of H-pyrrole nitrogens is 1. The van der Waals surface area contributed by atoms with Crippen molar-refractivity contribution in [1.29, 1.82) is 0 Å². The van der Waals surface area contributed by atoms with E-state index < -0.39 is 5.82 Å². The maximum Gasteiger partial charge on any atom is 0.277 e. The standard InChI is InChI=1S/C24H24FN5O3/c1-2-22(31)28-12-10-18-16(14-28)24(33)30-21(26-18)13-19(27-30)20-9-5-6-11-29(20)23(32)15-7-3-4-8-17(15)25/h2-4,7-8,13,20,27H,1,5-6,9-12,14H2. The molecular formula is C24H24FN5O3. The Morgan fingerprint density at radius 2 is 2.03 bits per heavy atom. The van der Waals surface area contributed by atoms with Crippen LogP contribution in [0.3, 0.4) is 0 Å². The van der Waals surface area contributed by atoms with Gasteiger partial charge in [0.15, 0.2) is 5.65 Å². The molecule has 0 spiro atoms. The van der Waals surface area contributed by atoms with Crippen LogP contribution < -0.4 is 5.56 Å². The lowest BCUT2D eigenvalue weighted by Gasteiger charge is -2.35. The molecule has 2 aliphatic rings. The molecule has 8 nitrogen and oxygen atoms in total. The Morgan fingerprint density at radius 3 is 2.82 bits per heavy atom. The van der Waals surface area contributed by atoms with Gasteiger partial charge >= 0.3 is 0 Å². The highest BCUT2D eigenvalue weighted by Gasteiger charge is 2.32. The van der Waals surface area contributed by atoms with Gasteiger partial charge in [-0.05, 0) is 37.5 Å². The van der Waals surface area contributed by atoms with Gasteiger partial charge in [0, 0.05) is 25.6 Å². The normalized spacial score (nSPS) is 18.3. The second kappa shape index (κ2) is 8.31. The van der Waals surface area contributed by atoms with Crippen LogP contribution in [0.25, 0.3) is 5.65 Å². The fraction of sp³-hybridized carbons (Fsp3) is 0.333. The Hall–Kier alpha value is -3.75. The summed E-state index contributed by atoms with van der Waals surface area (Å²) in [5, 5.41) is 3.12. The van der Waals surface area contributed by atoms with Crippen LogP contribution in [0.2, 0.25) is 0 Å². The lowest BCUT2D eigenvalue weighted by Crippen LogP contribution is -2.40. The number of aromatic amines is 1. The third kappa shape index (κ3) is 3.63. The van der Waals surface area contributed by atoms with E-state index >= 15 is 0 Å². The molecule has 2 aliphatic heterocycles. The summed E-state index contributed by atoms with van der Waals surface area (Å²) in [6.07, 6.45) is 4.17. The quantitative estimate of drug-likeness (QED) is 0.623. The van der Waals surface area contributed by atoms with Crippen molar-refractivity contribution in [2.24, 2.45) is 0 Å². The van der Waals surface area contributed by atoms with E-state index in [4.69, 9.17) is 0 Å². The number of halogens is 1. The molecule has 1 unspecified atom stereocenters. The summed E-state index contributed by atoms with van der Waals surface area (Å²) in [5.41, 5.74) is 2.10.